The number of cyclic esters (lactones) is 1. The highest BCUT2D eigenvalue weighted by Gasteiger charge is 2.24. The molecule has 1 fully saturated rings. The molecular weight excluding hydrogens is 138 g/mol. The predicted molar refractivity (Wildman–Crippen MR) is 30.5 cm³/mol. The van der Waals surface area contributed by atoms with Gasteiger partial charge in [0.15, 0.2) is 0 Å². The summed E-state index contributed by atoms with van der Waals surface area (Å²) < 4.78 is 4.42. The lowest BCUT2D eigenvalue weighted by Gasteiger charge is -2.18. The minimum atomic E-state index is -0.944. The number of nitrogens with one attached hydrogen (secondary N) is 1. The molecule has 1 saturated heterocycles. The minimum Gasteiger partial charge on any atom is -0.481 e. The molecule has 5 nitrogen and oxygen atoms in total. The summed E-state index contributed by atoms with van der Waals surface area (Å²) in [6.07, 6.45) is -0.544. The standard InChI is InChI=1S/C5H7NO4/c7-4(8)3-1-6-5(9)10-2-3/h3H,1-2H2,(H,6,9)(H,7,8). The molecule has 1 unspecified atom stereocenters. The van der Waals surface area contributed by atoms with Crippen LogP contribution >= 0.6 is 0 Å². The maximum absolute atomic E-state index is 10.3. The monoisotopic (exact) mass is 145 g/mol. The Bertz CT molecular complexity index is 157. The number of carbonyl (C=O) groups is 2. The second kappa shape index (κ2) is 2.55. The van der Waals surface area contributed by atoms with Gasteiger partial charge in [-0.3, -0.25) is 4.79 Å². The number of amides is 1. The molecule has 1 atom stereocenters. The zero-order chi connectivity index (χ0) is 7.56. The Kier molecular flexibility index (Phi) is 1.75. The van der Waals surface area contributed by atoms with Crippen LogP contribution in [0.1, 0.15) is 0 Å². The normalized spacial score (nSPS) is 24.8. The van der Waals surface area contributed by atoms with E-state index in [1.54, 1.807) is 0 Å². The summed E-state index contributed by atoms with van der Waals surface area (Å²) in [5, 5.41) is 10.7. The van der Waals surface area contributed by atoms with Crippen LogP contribution in [0.25, 0.3) is 0 Å². The van der Waals surface area contributed by atoms with Crippen LogP contribution < -0.4 is 5.32 Å². The fourth-order valence-electron chi connectivity index (χ4n) is 0.651. The lowest BCUT2D eigenvalue weighted by atomic mass is 10.1. The van der Waals surface area contributed by atoms with E-state index in [0.717, 1.165) is 0 Å². The van der Waals surface area contributed by atoms with Gasteiger partial charge in [-0.05, 0) is 0 Å². The molecule has 1 rings (SSSR count). The van der Waals surface area contributed by atoms with Crippen LogP contribution in [0.3, 0.4) is 0 Å². The van der Waals surface area contributed by atoms with Crippen molar-refractivity contribution in [3.05, 3.63) is 0 Å². The summed E-state index contributed by atoms with van der Waals surface area (Å²) in [6, 6.07) is 0. The number of rotatable bonds is 1. The van der Waals surface area contributed by atoms with Gasteiger partial charge in [-0.2, -0.15) is 0 Å². The van der Waals surface area contributed by atoms with E-state index >= 15 is 0 Å². The summed E-state index contributed by atoms with van der Waals surface area (Å²) in [5.41, 5.74) is 0. The molecule has 10 heavy (non-hydrogen) atoms. The first-order chi connectivity index (χ1) is 4.70. The number of carboxylic acids is 1. The fraction of sp³-hybridized carbons (Fsp3) is 0.600. The quantitative estimate of drug-likeness (QED) is 0.518. The van der Waals surface area contributed by atoms with Crippen molar-refractivity contribution in [3.8, 4) is 0 Å². The number of hydrogen-bond donors (Lipinski definition) is 2. The lowest BCUT2D eigenvalue weighted by Crippen LogP contribution is -2.42. The largest absolute Gasteiger partial charge is 0.481 e. The molecule has 0 aromatic rings. The lowest BCUT2D eigenvalue weighted by molar-refractivity contribution is -0.143. The van der Waals surface area contributed by atoms with Crippen LogP contribution in [-0.2, 0) is 9.53 Å². The molecule has 0 bridgehead atoms. The van der Waals surface area contributed by atoms with Crippen molar-refractivity contribution in [1.82, 2.24) is 5.32 Å². The van der Waals surface area contributed by atoms with Gasteiger partial charge in [-0.15, -0.1) is 0 Å². The molecule has 1 heterocycles. The van der Waals surface area contributed by atoms with E-state index in [2.05, 4.69) is 10.1 Å². The third kappa shape index (κ3) is 1.37. The number of aliphatic carboxylic acids is 1. The molecule has 0 spiro atoms. The Morgan fingerprint density at radius 3 is 2.90 bits per heavy atom. The molecule has 0 aromatic carbocycles. The number of carboxylic acid groups (broad SMARTS) is 1. The first-order valence-electron chi connectivity index (χ1n) is 2.83. The zero-order valence-corrected chi connectivity index (χ0v) is 5.16. The van der Waals surface area contributed by atoms with Crippen molar-refractivity contribution in [3.63, 3.8) is 0 Å². The molecule has 0 aromatic heterocycles. The van der Waals surface area contributed by atoms with Gasteiger partial charge in [0.25, 0.3) is 0 Å². The van der Waals surface area contributed by atoms with Crippen molar-refractivity contribution < 1.29 is 19.4 Å². The van der Waals surface area contributed by atoms with E-state index in [9.17, 15) is 9.59 Å². The molecule has 1 amide bonds. The molecule has 1 aliphatic heterocycles. The van der Waals surface area contributed by atoms with Gasteiger partial charge in [0, 0.05) is 6.54 Å². The van der Waals surface area contributed by atoms with Crippen molar-refractivity contribution in [1.29, 1.82) is 0 Å². The van der Waals surface area contributed by atoms with Gasteiger partial charge in [0.05, 0.1) is 0 Å². The molecule has 2 N–H and O–H groups in total. The summed E-state index contributed by atoms with van der Waals surface area (Å²) in [6.45, 7) is 0.134. The van der Waals surface area contributed by atoms with Gasteiger partial charge in [0.2, 0.25) is 0 Å². The Hall–Kier alpha value is -1.26. The third-order valence-electron chi connectivity index (χ3n) is 1.26. The second-order valence-electron chi connectivity index (χ2n) is 2.01. The zero-order valence-electron chi connectivity index (χ0n) is 5.16. The van der Waals surface area contributed by atoms with E-state index < -0.39 is 18.0 Å². The third-order valence-corrected chi connectivity index (χ3v) is 1.26. The maximum atomic E-state index is 10.3. The topological polar surface area (TPSA) is 75.6 Å². The number of alkyl carbamates (subject to hydrolysis) is 1. The van der Waals surface area contributed by atoms with E-state index in [1.165, 1.54) is 0 Å². The van der Waals surface area contributed by atoms with Crippen LogP contribution in [0.4, 0.5) is 4.79 Å². The fourth-order valence-corrected chi connectivity index (χ4v) is 0.651. The SMILES string of the molecule is O=C1NCC(C(=O)O)CO1. The molecule has 5 heteroatoms. The van der Waals surface area contributed by atoms with Gasteiger partial charge >= 0.3 is 12.1 Å². The molecule has 0 saturated carbocycles. The van der Waals surface area contributed by atoms with Crippen LogP contribution in [0, 0.1) is 5.92 Å². The number of ether oxygens (including phenoxy) is 1. The average Bonchev–Trinajstić information content (AvgIpc) is 1.88. The Morgan fingerprint density at radius 1 is 1.80 bits per heavy atom. The highest BCUT2D eigenvalue weighted by molar-refractivity contribution is 5.75. The van der Waals surface area contributed by atoms with Gasteiger partial charge < -0.3 is 15.2 Å². The van der Waals surface area contributed by atoms with E-state index in [-0.39, 0.29) is 13.2 Å². The minimum absolute atomic E-state index is 0.0266. The molecule has 0 radical (unpaired) electrons. The summed E-state index contributed by atoms with van der Waals surface area (Å²) >= 11 is 0. The maximum Gasteiger partial charge on any atom is 0.407 e. The number of hydrogen-bond acceptors (Lipinski definition) is 3. The van der Waals surface area contributed by atoms with Crippen molar-refractivity contribution >= 4 is 12.1 Å². The van der Waals surface area contributed by atoms with Crippen molar-refractivity contribution in [2.45, 2.75) is 0 Å². The van der Waals surface area contributed by atoms with Gasteiger partial charge in [0.1, 0.15) is 12.5 Å². The smallest absolute Gasteiger partial charge is 0.407 e. The van der Waals surface area contributed by atoms with Crippen LogP contribution in [-0.4, -0.2) is 30.3 Å². The first kappa shape index (κ1) is 6.85. The van der Waals surface area contributed by atoms with E-state index in [1.807, 2.05) is 0 Å². The van der Waals surface area contributed by atoms with Gasteiger partial charge in [-0.1, -0.05) is 0 Å². The molecular formula is C5H7NO4. The second-order valence-corrected chi connectivity index (χ2v) is 2.01. The van der Waals surface area contributed by atoms with Crippen LogP contribution in [0.5, 0.6) is 0 Å². The summed E-state index contributed by atoms with van der Waals surface area (Å²) in [5.74, 6) is -1.54. The first-order valence-corrected chi connectivity index (χ1v) is 2.83. The van der Waals surface area contributed by atoms with Crippen LogP contribution in [0.2, 0.25) is 0 Å². The van der Waals surface area contributed by atoms with Gasteiger partial charge in [-0.25, -0.2) is 4.79 Å². The van der Waals surface area contributed by atoms with E-state index in [0.29, 0.717) is 0 Å². The van der Waals surface area contributed by atoms with Crippen molar-refractivity contribution in [2.24, 2.45) is 5.92 Å². The summed E-state index contributed by atoms with van der Waals surface area (Å²) in [4.78, 5) is 20.5. The molecule has 56 valence electrons. The predicted octanol–water partition coefficient (Wildman–Crippen LogP) is -0.573. The average molecular weight is 145 g/mol. The number of carbonyl (C=O) groups excluding carboxylic acids is 1. The van der Waals surface area contributed by atoms with E-state index in [4.69, 9.17) is 5.11 Å². The Balaban J connectivity index is 2.40. The van der Waals surface area contributed by atoms with Crippen LogP contribution in [0.15, 0.2) is 0 Å². The summed E-state index contributed by atoms with van der Waals surface area (Å²) in [7, 11) is 0. The Morgan fingerprint density at radius 2 is 2.50 bits per heavy atom. The highest BCUT2D eigenvalue weighted by atomic mass is 16.6. The Labute approximate surface area is 57.0 Å². The molecule has 0 aliphatic carbocycles. The highest BCUT2D eigenvalue weighted by Crippen LogP contribution is 2.01. The van der Waals surface area contributed by atoms with Crippen molar-refractivity contribution in [2.75, 3.05) is 13.2 Å². The molecule has 1 aliphatic rings.